The molecule has 112 valence electrons. The highest BCUT2D eigenvalue weighted by Crippen LogP contribution is 2.19. The smallest absolute Gasteiger partial charge is 0.343 e. The van der Waals surface area contributed by atoms with E-state index >= 15 is 0 Å². The minimum Gasteiger partial charge on any atom is -0.493 e. The molecule has 2 N–H and O–H groups in total. The quantitative estimate of drug-likeness (QED) is 0.592. The molecule has 0 saturated heterocycles. The monoisotopic (exact) mass is 309 g/mol. The van der Waals surface area contributed by atoms with E-state index in [0.717, 1.165) is 0 Å². The van der Waals surface area contributed by atoms with Crippen molar-refractivity contribution in [2.75, 3.05) is 12.4 Å². The van der Waals surface area contributed by atoms with Crippen molar-refractivity contribution in [3.8, 4) is 5.75 Å². The fourth-order valence-corrected chi connectivity index (χ4v) is 2.47. The van der Waals surface area contributed by atoms with E-state index in [1.165, 1.54) is 22.4 Å². The van der Waals surface area contributed by atoms with Crippen LogP contribution in [0.4, 0.5) is 0 Å². The number of nitrogens with zero attached hydrogens (tertiary/aromatic N) is 2. The minimum atomic E-state index is -1.01. The van der Waals surface area contributed by atoms with Gasteiger partial charge in [-0.1, -0.05) is 23.9 Å². The van der Waals surface area contributed by atoms with Crippen LogP contribution in [0.25, 0.3) is 0 Å². The number of benzene rings is 1. The maximum Gasteiger partial charge on any atom is 0.343 e. The summed E-state index contributed by atoms with van der Waals surface area (Å²) in [5.41, 5.74) is -0.0935. The van der Waals surface area contributed by atoms with Crippen LogP contribution in [-0.2, 0) is 7.05 Å². The Hall–Kier alpha value is -2.22. The van der Waals surface area contributed by atoms with E-state index in [1.807, 2.05) is 0 Å². The molecule has 0 amide bonds. The Morgan fingerprint density at radius 2 is 2.24 bits per heavy atom. The van der Waals surface area contributed by atoms with Crippen LogP contribution in [-0.4, -0.2) is 38.2 Å². The van der Waals surface area contributed by atoms with Crippen LogP contribution in [0.3, 0.4) is 0 Å². The van der Waals surface area contributed by atoms with Crippen molar-refractivity contribution in [2.24, 2.45) is 7.05 Å². The molecule has 0 atom stereocenters. The lowest BCUT2D eigenvalue weighted by atomic mass is 10.2. The molecule has 0 aliphatic carbocycles. The summed E-state index contributed by atoms with van der Waals surface area (Å²) >= 11 is 1.44. The van der Waals surface area contributed by atoms with E-state index in [0.29, 0.717) is 29.7 Å². The predicted octanol–water partition coefficient (Wildman–Crippen LogP) is 1.37. The van der Waals surface area contributed by atoms with Crippen LogP contribution in [0.5, 0.6) is 5.75 Å². The van der Waals surface area contributed by atoms with Crippen molar-refractivity contribution < 1.29 is 14.6 Å². The average Bonchev–Trinajstić information content (AvgIpc) is 2.79. The van der Waals surface area contributed by atoms with Gasteiger partial charge >= 0.3 is 11.7 Å². The number of hydrogen-bond donors (Lipinski definition) is 2. The van der Waals surface area contributed by atoms with Gasteiger partial charge in [-0.15, -0.1) is 5.10 Å². The predicted molar refractivity (Wildman–Crippen MR) is 78.1 cm³/mol. The van der Waals surface area contributed by atoms with Crippen LogP contribution in [0.1, 0.15) is 16.8 Å². The Morgan fingerprint density at radius 3 is 2.90 bits per heavy atom. The highest BCUT2D eigenvalue weighted by molar-refractivity contribution is 7.99. The van der Waals surface area contributed by atoms with E-state index in [4.69, 9.17) is 9.84 Å². The molecule has 7 nitrogen and oxygen atoms in total. The van der Waals surface area contributed by atoms with E-state index < -0.39 is 5.97 Å². The zero-order valence-corrected chi connectivity index (χ0v) is 12.2. The number of para-hydroxylation sites is 1. The van der Waals surface area contributed by atoms with Gasteiger partial charge in [-0.25, -0.2) is 14.7 Å². The number of aromatic nitrogens is 3. The maximum absolute atomic E-state index is 11.2. The van der Waals surface area contributed by atoms with Crippen LogP contribution < -0.4 is 10.4 Å². The molecule has 0 saturated carbocycles. The summed E-state index contributed by atoms with van der Waals surface area (Å²) in [6.07, 6.45) is 0.708. The lowest BCUT2D eigenvalue weighted by molar-refractivity contribution is 0.0692. The molecule has 0 spiro atoms. The molecule has 0 bridgehead atoms. The van der Waals surface area contributed by atoms with Crippen LogP contribution in [0.15, 0.2) is 34.2 Å². The first kappa shape index (κ1) is 15.2. The minimum absolute atomic E-state index is 0.153. The fourth-order valence-electron chi connectivity index (χ4n) is 1.64. The summed E-state index contributed by atoms with van der Waals surface area (Å²) in [4.78, 5) is 22.2. The molecule has 21 heavy (non-hydrogen) atoms. The SMILES string of the molecule is Cn1c(SCCCOc2ccccc2C(=O)O)n[nH]c1=O. The van der Waals surface area contributed by atoms with E-state index in [-0.39, 0.29) is 11.3 Å². The molecular weight excluding hydrogens is 294 g/mol. The molecule has 1 aromatic heterocycles. The number of H-pyrrole nitrogens is 1. The molecule has 1 heterocycles. The topological polar surface area (TPSA) is 97.2 Å². The van der Waals surface area contributed by atoms with Crippen molar-refractivity contribution in [2.45, 2.75) is 11.6 Å². The number of rotatable bonds is 7. The van der Waals surface area contributed by atoms with E-state index in [2.05, 4.69) is 10.2 Å². The van der Waals surface area contributed by atoms with Crippen molar-refractivity contribution in [3.63, 3.8) is 0 Å². The number of aromatic carboxylic acids is 1. The standard InChI is InChI=1S/C13H15N3O4S/c1-16-12(19)14-15-13(16)21-8-4-7-20-10-6-3-2-5-9(10)11(17)18/h2-3,5-6H,4,7-8H2,1H3,(H,14,19)(H,17,18). The summed E-state index contributed by atoms with van der Waals surface area (Å²) in [7, 11) is 1.65. The first-order valence-electron chi connectivity index (χ1n) is 6.29. The Morgan fingerprint density at radius 1 is 1.48 bits per heavy atom. The zero-order chi connectivity index (χ0) is 15.2. The van der Waals surface area contributed by atoms with Gasteiger partial charge in [-0.3, -0.25) is 4.57 Å². The first-order valence-corrected chi connectivity index (χ1v) is 7.27. The Balaban J connectivity index is 1.79. The van der Waals surface area contributed by atoms with Gasteiger partial charge in [0, 0.05) is 12.8 Å². The van der Waals surface area contributed by atoms with Crippen LogP contribution in [0.2, 0.25) is 0 Å². The summed E-state index contributed by atoms with van der Waals surface area (Å²) in [6.45, 7) is 0.398. The van der Waals surface area contributed by atoms with Crippen molar-refractivity contribution in [1.82, 2.24) is 14.8 Å². The number of carbonyl (C=O) groups is 1. The number of carboxylic acids is 1. The van der Waals surface area contributed by atoms with Gasteiger partial charge in [-0.05, 0) is 18.6 Å². The fraction of sp³-hybridized carbons (Fsp3) is 0.308. The molecule has 0 aliphatic heterocycles. The van der Waals surface area contributed by atoms with Crippen molar-refractivity contribution in [1.29, 1.82) is 0 Å². The number of ether oxygens (including phenoxy) is 1. The zero-order valence-electron chi connectivity index (χ0n) is 11.4. The van der Waals surface area contributed by atoms with E-state index in [9.17, 15) is 9.59 Å². The highest BCUT2D eigenvalue weighted by atomic mass is 32.2. The summed E-state index contributed by atoms with van der Waals surface area (Å²) in [5.74, 6) is 0.0709. The number of aromatic amines is 1. The van der Waals surface area contributed by atoms with Gasteiger partial charge in [0.2, 0.25) is 0 Å². The van der Waals surface area contributed by atoms with Crippen molar-refractivity contribution >= 4 is 17.7 Å². The normalized spacial score (nSPS) is 10.5. The third-order valence-corrected chi connectivity index (χ3v) is 3.85. The molecule has 0 fully saturated rings. The van der Waals surface area contributed by atoms with Gasteiger partial charge in [0.25, 0.3) is 0 Å². The molecule has 0 aliphatic rings. The highest BCUT2D eigenvalue weighted by Gasteiger charge is 2.10. The second kappa shape index (κ2) is 6.98. The lowest BCUT2D eigenvalue weighted by Gasteiger charge is -2.08. The van der Waals surface area contributed by atoms with Gasteiger partial charge < -0.3 is 9.84 Å². The van der Waals surface area contributed by atoms with Crippen LogP contribution in [0, 0.1) is 0 Å². The van der Waals surface area contributed by atoms with E-state index in [1.54, 1.807) is 25.2 Å². The Kier molecular flexibility index (Phi) is 5.04. The summed E-state index contributed by atoms with van der Waals surface area (Å²) in [6, 6.07) is 6.53. The molecular formula is C13H15N3O4S. The second-order valence-corrected chi connectivity index (χ2v) is 5.28. The number of hydrogen-bond acceptors (Lipinski definition) is 5. The maximum atomic E-state index is 11.2. The first-order chi connectivity index (χ1) is 10.1. The van der Waals surface area contributed by atoms with Crippen molar-refractivity contribution in [3.05, 3.63) is 40.3 Å². The molecule has 2 aromatic rings. The molecule has 8 heteroatoms. The number of carboxylic acid groups (broad SMARTS) is 1. The van der Waals surface area contributed by atoms with Gasteiger partial charge in [0.15, 0.2) is 5.16 Å². The van der Waals surface area contributed by atoms with Gasteiger partial charge in [0.1, 0.15) is 11.3 Å². The molecule has 1 aromatic carbocycles. The molecule has 0 radical (unpaired) electrons. The number of nitrogens with one attached hydrogen (secondary N) is 1. The lowest BCUT2D eigenvalue weighted by Crippen LogP contribution is -2.13. The van der Waals surface area contributed by atoms with Crippen LogP contribution >= 0.6 is 11.8 Å². The van der Waals surface area contributed by atoms with Gasteiger partial charge in [0.05, 0.1) is 6.61 Å². The Bertz CT molecular complexity index is 680. The summed E-state index contributed by atoms with van der Waals surface area (Å²) in [5, 5.41) is 15.9. The third-order valence-electron chi connectivity index (χ3n) is 2.73. The largest absolute Gasteiger partial charge is 0.493 e. The van der Waals surface area contributed by atoms with Gasteiger partial charge in [-0.2, -0.15) is 0 Å². The summed E-state index contributed by atoms with van der Waals surface area (Å²) < 4.78 is 6.92. The number of thioether (sulfide) groups is 1. The average molecular weight is 309 g/mol. The second-order valence-electron chi connectivity index (χ2n) is 4.22. The third kappa shape index (κ3) is 3.88. The molecule has 0 unspecified atom stereocenters. The Labute approximate surface area is 124 Å². The molecule has 2 rings (SSSR count).